The predicted molar refractivity (Wildman–Crippen MR) is 68.6 cm³/mol. The standard InChI is InChI=1S/C13H21N3O2/c1-4-13(2,16-7-9-18-10-8-16)12(17)11-5-6-15(3)14-11/h5-6H,4,7-10H2,1-3H3. The quantitative estimate of drug-likeness (QED) is 0.752. The molecule has 2 heterocycles. The second kappa shape index (κ2) is 5.20. The molecule has 0 amide bonds. The Kier molecular flexibility index (Phi) is 3.82. The first-order valence-electron chi connectivity index (χ1n) is 6.45. The van der Waals surface area contributed by atoms with Gasteiger partial charge in [-0.25, -0.2) is 0 Å². The summed E-state index contributed by atoms with van der Waals surface area (Å²) in [4.78, 5) is 14.9. The van der Waals surface area contributed by atoms with Crippen molar-refractivity contribution in [2.45, 2.75) is 25.8 Å². The first kappa shape index (κ1) is 13.2. The highest BCUT2D eigenvalue weighted by Gasteiger charge is 2.39. The number of hydrogen-bond donors (Lipinski definition) is 0. The van der Waals surface area contributed by atoms with E-state index in [0.717, 1.165) is 19.5 Å². The summed E-state index contributed by atoms with van der Waals surface area (Å²) >= 11 is 0. The molecule has 1 aliphatic heterocycles. The number of hydrogen-bond acceptors (Lipinski definition) is 4. The monoisotopic (exact) mass is 251 g/mol. The lowest BCUT2D eigenvalue weighted by Crippen LogP contribution is -2.56. The van der Waals surface area contributed by atoms with Gasteiger partial charge in [0.25, 0.3) is 0 Å². The number of ketones is 1. The minimum Gasteiger partial charge on any atom is -0.379 e. The third-order valence-electron chi connectivity index (χ3n) is 3.83. The Morgan fingerprint density at radius 2 is 2.17 bits per heavy atom. The van der Waals surface area contributed by atoms with Gasteiger partial charge in [-0.3, -0.25) is 14.4 Å². The first-order valence-corrected chi connectivity index (χ1v) is 6.45. The second-order valence-corrected chi connectivity index (χ2v) is 4.93. The molecule has 0 aliphatic carbocycles. The van der Waals surface area contributed by atoms with Gasteiger partial charge in [-0.15, -0.1) is 0 Å². The Hall–Kier alpha value is -1.20. The molecule has 0 radical (unpaired) electrons. The van der Waals surface area contributed by atoms with E-state index in [-0.39, 0.29) is 5.78 Å². The molecule has 18 heavy (non-hydrogen) atoms. The molecule has 1 aromatic heterocycles. The Bertz CT molecular complexity index is 424. The van der Waals surface area contributed by atoms with E-state index >= 15 is 0 Å². The zero-order valence-corrected chi connectivity index (χ0v) is 11.3. The lowest BCUT2D eigenvalue weighted by molar-refractivity contribution is -0.0108. The molecule has 1 saturated heterocycles. The van der Waals surface area contributed by atoms with Crippen LogP contribution in [0, 0.1) is 0 Å². The fourth-order valence-corrected chi connectivity index (χ4v) is 2.40. The van der Waals surface area contributed by atoms with E-state index in [9.17, 15) is 4.79 Å². The van der Waals surface area contributed by atoms with Gasteiger partial charge in [0.05, 0.1) is 18.8 Å². The second-order valence-electron chi connectivity index (χ2n) is 4.93. The zero-order valence-electron chi connectivity index (χ0n) is 11.3. The van der Waals surface area contributed by atoms with Crippen molar-refractivity contribution in [3.05, 3.63) is 18.0 Å². The summed E-state index contributed by atoms with van der Waals surface area (Å²) in [7, 11) is 1.83. The number of Topliss-reactive ketones (excluding diaryl/α,β-unsaturated/α-hetero) is 1. The highest BCUT2D eigenvalue weighted by Crippen LogP contribution is 2.25. The van der Waals surface area contributed by atoms with Gasteiger partial charge in [-0.1, -0.05) is 6.92 Å². The van der Waals surface area contributed by atoms with Gasteiger partial charge in [0.2, 0.25) is 5.78 Å². The average molecular weight is 251 g/mol. The molecule has 2 rings (SSSR count). The fraction of sp³-hybridized carbons (Fsp3) is 0.692. The van der Waals surface area contributed by atoms with E-state index in [1.54, 1.807) is 10.7 Å². The summed E-state index contributed by atoms with van der Waals surface area (Å²) in [6, 6.07) is 1.79. The van der Waals surface area contributed by atoms with E-state index in [4.69, 9.17) is 4.74 Å². The van der Waals surface area contributed by atoms with Gasteiger partial charge in [0.1, 0.15) is 5.69 Å². The van der Waals surface area contributed by atoms with Crippen LogP contribution in [0.25, 0.3) is 0 Å². The summed E-state index contributed by atoms with van der Waals surface area (Å²) in [6.45, 7) is 7.08. The maximum atomic E-state index is 12.7. The number of carbonyl (C=O) groups excluding carboxylic acids is 1. The van der Waals surface area contributed by atoms with E-state index in [1.807, 2.05) is 20.2 Å². The summed E-state index contributed by atoms with van der Waals surface area (Å²) < 4.78 is 7.03. The molecule has 5 nitrogen and oxygen atoms in total. The van der Waals surface area contributed by atoms with Crippen molar-refractivity contribution in [2.75, 3.05) is 26.3 Å². The van der Waals surface area contributed by atoms with Crippen molar-refractivity contribution in [3.8, 4) is 0 Å². The van der Waals surface area contributed by atoms with E-state index in [1.165, 1.54) is 0 Å². The molecule has 1 unspecified atom stereocenters. The van der Waals surface area contributed by atoms with Crippen LogP contribution in [0.2, 0.25) is 0 Å². The van der Waals surface area contributed by atoms with Crippen LogP contribution >= 0.6 is 0 Å². The highest BCUT2D eigenvalue weighted by atomic mass is 16.5. The van der Waals surface area contributed by atoms with Crippen LogP contribution in [0.5, 0.6) is 0 Å². The highest BCUT2D eigenvalue weighted by molar-refractivity contribution is 6.01. The summed E-state index contributed by atoms with van der Waals surface area (Å²) in [5.41, 5.74) is 0.0753. The van der Waals surface area contributed by atoms with Crippen molar-refractivity contribution in [2.24, 2.45) is 7.05 Å². The molecule has 1 aliphatic rings. The summed E-state index contributed by atoms with van der Waals surface area (Å²) in [6.07, 6.45) is 2.59. The van der Waals surface area contributed by atoms with Gasteiger partial charge in [0.15, 0.2) is 0 Å². The maximum Gasteiger partial charge on any atom is 0.202 e. The Morgan fingerprint density at radius 3 is 2.67 bits per heavy atom. The zero-order chi connectivity index (χ0) is 13.2. The van der Waals surface area contributed by atoms with Crippen LogP contribution < -0.4 is 0 Å². The molecule has 100 valence electrons. The Labute approximate surface area is 108 Å². The topological polar surface area (TPSA) is 47.4 Å². The molecule has 5 heteroatoms. The molecule has 0 N–H and O–H groups in total. The molecule has 1 aromatic rings. The van der Waals surface area contributed by atoms with Crippen LogP contribution in [0.1, 0.15) is 30.8 Å². The van der Waals surface area contributed by atoms with E-state index in [2.05, 4.69) is 16.9 Å². The average Bonchev–Trinajstić information content (AvgIpc) is 2.84. The normalized spacial score (nSPS) is 20.6. The molecular formula is C13H21N3O2. The van der Waals surface area contributed by atoms with Crippen molar-refractivity contribution in [1.29, 1.82) is 0 Å². The molecule has 0 spiro atoms. The van der Waals surface area contributed by atoms with Gasteiger partial charge >= 0.3 is 0 Å². The number of ether oxygens (including phenoxy) is 1. The number of morpholine rings is 1. The van der Waals surface area contributed by atoms with Gasteiger partial charge in [-0.05, 0) is 19.4 Å². The molecule has 1 fully saturated rings. The Balaban J connectivity index is 2.22. The van der Waals surface area contributed by atoms with Crippen molar-refractivity contribution < 1.29 is 9.53 Å². The van der Waals surface area contributed by atoms with Crippen LogP contribution in [0.4, 0.5) is 0 Å². The number of aromatic nitrogens is 2. The van der Waals surface area contributed by atoms with Gasteiger partial charge < -0.3 is 4.74 Å². The van der Waals surface area contributed by atoms with Crippen molar-refractivity contribution in [1.82, 2.24) is 14.7 Å². The first-order chi connectivity index (χ1) is 8.58. The molecule has 0 saturated carbocycles. The predicted octanol–water partition coefficient (Wildman–Crippen LogP) is 1.10. The van der Waals surface area contributed by atoms with E-state index in [0.29, 0.717) is 18.9 Å². The number of aryl methyl sites for hydroxylation is 1. The van der Waals surface area contributed by atoms with Crippen LogP contribution in [-0.4, -0.2) is 52.3 Å². The van der Waals surface area contributed by atoms with Crippen LogP contribution in [-0.2, 0) is 11.8 Å². The third kappa shape index (κ3) is 2.33. The lowest BCUT2D eigenvalue weighted by atomic mass is 9.88. The smallest absolute Gasteiger partial charge is 0.202 e. The van der Waals surface area contributed by atoms with Crippen molar-refractivity contribution >= 4 is 5.78 Å². The Morgan fingerprint density at radius 1 is 1.50 bits per heavy atom. The fourth-order valence-electron chi connectivity index (χ4n) is 2.40. The van der Waals surface area contributed by atoms with E-state index < -0.39 is 5.54 Å². The van der Waals surface area contributed by atoms with Crippen molar-refractivity contribution in [3.63, 3.8) is 0 Å². The third-order valence-corrected chi connectivity index (χ3v) is 3.83. The molecular weight excluding hydrogens is 230 g/mol. The SMILES string of the molecule is CCC(C)(C(=O)c1ccn(C)n1)N1CCOCC1. The number of rotatable bonds is 4. The number of carbonyl (C=O) groups is 1. The lowest BCUT2D eigenvalue weighted by Gasteiger charge is -2.41. The largest absolute Gasteiger partial charge is 0.379 e. The summed E-state index contributed by atoms with van der Waals surface area (Å²) in [5.74, 6) is 0.104. The maximum absolute atomic E-state index is 12.7. The summed E-state index contributed by atoms with van der Waals surface area (Å²) in [5, 5.41) is 4.23. The molecule has 0 aromatic carbocycles. The van der Waals surface area contributed by atoms with Crippen LogP contribution in [0.15, 0.2) is 12.3 Å². The van der Waals surface area contributed by atoms with Gasteiger partial charge in [-0.2, -0.15) is 5.10 Å². The minimum atomic E-state index is -0.474. The van der Waals surface area contributed by atoms with Crippen LogP contribution in [0.3, 0.4) is 0 Å². The van der Waals surface area contributed by atoms with Gasteiger partial charge in [0, 0.05) is 26.3 Å². The number of nitrogens with zero attached hydrogens (tertiary/aromatic N) is 3. The molecule has 0 bridgehead atoms. The molecule has 1 atom stereocenters. The minimum absolute atomic E-state index is 0.104.